The second-order valence-electron chi connectivity index (χ2n) is 6.04. The van der Waals surface area contributed by atoms with Gasteiger partial charge < -0.3 is 14.8 Å². The third kappa shape index (κ3) is 4.99. The van der Waals surface area contributed by atoms with Gasteiger partial charge in [0.25, 0.3) is 15.9 Å². The minimum absolute atomic E-state index is 0.00929. The number of hydrogen-bond acceptors (Lipinski definition) is 6. The Hall–Kier alpha value is -3.66. The van der Waals surface area contributed by atoms with Crippen molar-refractivity contribution in [1.82, 2.24) is 5.32 Å². The molecule has 2 aromatic carbocycles. The van der Waals surface area contributed by atoms with Crippen LogP contribution in [0, 0.1) is 0 Å². The lowest BCUT2D eigenvalue weighted by molar-refractivity contribution is -0.136. The molecule has 0 saturated heterocycles. The molecule has 3 N–H and O–H groups in total. The van der Waals surface area contributed by atoms with Gasteiger partial charge in [-0.25, -0.2) is 13.2 Å². The Labute approximate surface area is 165 Å². The van der Waals surface area contributed by atoms with E-state index in [-0.39, 0.29) is 34.7 Å². The minimum atomic E-state index is -3.91. The molecule has 0 aliphatic carbocycles. The van der Waals surface area contributed by atoms with Gasteiger partial charge >= 0.3 is 11.6 Å². The molecule has 0 atom stereocenters. The van der Waals surface area contributed by atoms with Crippen LogP contribution in [0.2, 0.25) is 0 Å². The summed E-state index contributed by atoms with van der Waals surface area (Å²) in [7, 11) is -3.91. The number of carboxylic acids is 1. The lowest BCUT2D eigenvalue weighted by Gasteiger charge is -2.09. The van der Waals surface area contributed by atoms with E-state index < -0.39 is 27.5 Å². The summed E-state index contributed by atoms with van der Waals surface area (Å²) < 4.78 is 32.6. The van der Waals surface area contributed by atoms with Crippen LogP contribution in [0.1, 0.15) is 16.8 Å². The van der Waals surface area contributed by atoms with Crippen LogP contribution in [0.25, 0.3) is 11.0 Å². The highest BCUT2D eigenvalue weighted by atomic mass is 32.2. The van der Waals surface area contributed by atoms with Crippen molar-refractivity contribution in [2.45, 2.75) is 11.3 Å². The van der Waals surface area contributed by atoms with Crippen molar-refractivity contribution in [3.05, 3.63) is 70.6 Å². The molecule has 1 amide bonds. The van der Waals surface area contributed by atoms with Gasteiger partial charge in [-0.2, -0.15) is 0 Å². The zero-order chi connectivity index (χ0) is 21.0. The molecule has 1 heterocycles. The van der Waals surface area contributed by atoms with Crippen LogP contribution in [0.5, 0.6) is 0 Å². The fourth-order valence-corrected chi connectivity index (χ4v) is 3.60. The first-order valence-electron chi connectivity index (χ1n) is 8.41. The van der Waals surface area contributed by atoms with Crippen molar-refractivity contribution < 1.29 is 27.5 Å². The number of benzene rings is 2. The maximum Gasteiger partial charge on any atom is 0.336 e. The lowest BCUT2D eigenvalue weighted by atomic mass is 10.2. The molecular weight excluding hydrogens is 400 g/mol. The summed E-state index contributed by atoms with van der Waals surface area (Å²) in [5.74, 6) is -1.48. The fourth-order valence-electron chi connectivity index (χ4n) is 2.51. The SMILES string of the molecule is O=C(O)CCNC(=O)c1ccc(NS(=O)(=O)c2ccc3oc(=O)ccc3c2)cc1. The Morgan fingerprint density at radius 3 is 2.41 bits per heavy atom. The number of aliphatic carboxylic acids is 1. The van der Waals surface area contributed by atoms with Gasteiger partial charge in [0.05, 0.1) is 11.3 Å². The van der Waals surface area contributed by atoms with Crippen molar-refractivity contribution in [1.29, 1.82) is 0 Å². The molecule has 29 heavy (non-hydrogen) atoms. The van der Waals surface area contributed by atoms with E-state index >= 15 is 0 Å². The van der Waals surface area contributed by atoms with Crippen molar-refractivity contribution in [2.75, 3.05) is 11.3 Å². The largest absolute Gasteiger partial charge is 0.481 e. The van der Waals surface area contributed by atoms with E-state index in [2.05, 4.69) is 10.0 Å². The third-order valence-electron chi connectivity index (χ3n) is 3.92. The molecule has 0 aliphatic heterocycles. The number of carboxylic acid groups (broad SMARTS) is 1. The standard InChI is InChI=1S/C19H16N2O7S/c22-17(23)9-10-20-19(25)12-1-4-14(5-2-12)21-29(26,27)15-6-7-16-13(11-15)3-8-18(24)28-16/h1-8,11,21H,9-10H2,(H,20,25)(H,22,23). The molecule has 0 bridgehead atoms. The van der Waals surface area contributed by atoms with E-state index in [0.29, 0.717) is 5.39 Å². The molecule has 1 aromatic heterocycles. The van der Waals surface area contributed by atoms with E-state index in [1.165, 1.54) is 54.6 Å². The van der Waals surface area contributed by atoms with Crippen LogP contribution in [0.4, 0.5) is 5.69 Å². The molecule has 0 spiro atoms. The molecule has 0 aliphatic rings. The van der Waals surface area contributed by atoms with E-state index in [1.807, 2.05) is 0 Å². The fraction of sp³-hybridized carbons (Fsp3) is 0.105. The summed E-state index contributed by atoms with van der Waals surface area (Å²) in [5, 5.41) is 11.5. The van der Waals surface area contributed by atoms with Gasteiger partial charge in [-0.3, -0.25) is 14.3 Å². The van der Waals surface area contributed by atoms with Crippen LogP contribution in [0.3, 0.4) is 0 Å². The molecule has 0 fully saturated rings. The zero-order valence-corrected chi connectivity index (χ0v) is 15.7. The first kappa shape index (κ1) is 20.1. The Morgan fingerprint density at radius 1 is 1.00 bits per heavy atom. The number of anilines is 1. The van der Waals surface area contributed by atoms with Crippen LogP contribution in [0.15, 0.2) is 68.7 Å². The number of fused-ring (bicyclic) bond motifs is 1. The highest BCUT2D eigenvalue weighted by Crippen LogP contribution is 2.21. The average molecular weight is 416 g/mol. The van der Waals surface area contributed by atoms with Gasteiger partial charge in [0.15, 0.2) is 0 Å². The third-order valence-corrected chi connectivity index (χ3v) is 5.30. The number of hydrogen-bond donors (Lipinski definition) is 3. The smallest absolute Gasteiger partial charge is 0.336 e. The number of nitrogens with one attached hydrogen (secondary N) is 2. The molecule has 3 rings (SSSR count). The number of carbonyl (C=O) groups excluding carboxylic acids is 1. The number of rotatable bonds is 7. The maximum absolute atomic E-state index is 12.6. The van der Waals surface area contributed by atoms with Gasteiger partial charge in [-0.05, 0) is 48.5 Å². The zero-order valence-electron chi connectivity index (χ0n) is 14.9. The minimum Gasteiger partial charge on any atom is -0.481 e. The van der Waals surface area contributed by atoms with Gasteiger partial charge in [-0.15, -0.1) is 0 Å². The summed E-state index contributed by atoms with van der Waals surface area (Å²) >= 11 is 0. The van der Waals surface area contributed by atoms with Gasteiger partial charge in [0, 0.05) is 29.2 Å². The predicted octanol–water partition coefficient (Wildman–Crippen LogP) is 1.80. The van der Waals surface area contributed by atoms with E-state index in [4.69, 9.17) is 9.52 Å². The summed E-state index contributed by atoms with van der Waals surface area (Å²) in [6, 6.07) is 12.4. The lowest BCUT2D eigenvalue weighted by Crippen LogP contribution is -2.25. The topological polar surface area (TPSA) is 143 Å². The van der Waals surface area contributed by atoms with E-state index in [1.54, 1.807) is 0 Å². The quantitative estimate of drug-likeness (QED) is 0.498. The molecule has 0 unspecified atom stereocenters. The Balaban J connectivity index is 1.73. The van der Waals surface area contributed by atoms with Crippen molar-refractivity contribution in [2.24, 2.45) is 0 Å². The van der Waals surface area contributed by atoms with Gasteiger partial charge in [-0.1, -0.05) is 0 Å². The van der Waals surface area contributed by atoms with Crippen molar-refractivity contribution in [3.8, 4) is 0 Å². The Kier molecular flexibility index (Phi) is 5.64. The average Bonchev–Trinajstić information content (AvgIpc) is 2.67. The molecule has 0 radical (unpaired) electrons. The van der Waals surface area contributed by atoms with Crippen molar-refractivity contribution >= 4 is 38.6 Å². The first-order valence-corrected chi connectivity index (χ1v) is 9.90. The van der Waals surface area contributed by atoms with E-state index in [0.717, 1.165) is 0 Å². The molecular formula is C19H16N2O7S. The first-order chi connectivity index (χ1) is 13.7. The van der Waals surface area contributed by atoms with E-state index in [9.17, 15) is 22.8 Å². The maximum atomic E-state index is 12.6. The van der Waals surface area contributed by atoms with Gasteiger partial charge in [0.1, 0.15) is 5.58 Å². The second kappa shape index (κ2) is 8.15. The van der Waals surface area contributed by atoms with Gasteiger partial charge in [0.2, 0.25) is 0 Å². The molecule has 10 heteroatoms. The monoisotopic (exact) mass is 416 g/mol. The number of amides is 1. The Bertz CT molecular complexity index is 1230. The second-order valence-corrected chi connectivity index (χ2v) is 7.72. The summed E-state index contributed by atoms with van der Waals surface area (Å²) in [6.07, 6.45) is -0.196. The molecule has 0 saturated carbocycles. The Morgan fingerprint density at radius 2 is 1.72 bits per heavy atom. The molecule has 3 aromatic rings. The highest BCUT2D eigenvalue weighted by Gasteiger charge is 2.16. The number of carbonyl (C=O) groups is 2. The summed E-state index contributed by atoms with van der Waals surface area (Å²) in [5.41, 5.74) is 0.249. The van der Waals surface area contributed by atoms with Crippen LogP contribution in [-0.2, 0) is 14.8 Å². The summed E-state index contributed by atoms with van der Waals surface area (Å²) in [6.45, 7) is -0.00929. The summed E-state index contributed by atoms with van der Waals surface area (Å²) in [4.78, 5) is 33.6. The van der Waals surface area contributed by atoms with Crippen LogP contribution in [-0.4, -0.2) is 31.9 Å². The predicted molar refractivity (Wildman–Crippen MR) is 104 cm³/mol. The molecule has 150 valence electrons. The highest BCUT2D eigenvalue weighted by molar-refractivity contribution is 7.92. The van der Waals surface area contributed by atoms with Crippen LogP contribution >= 0.6 is 0 Å². The van der Waals surface area contributed by atoms with Crippen LogP contribution < -0.4 is 15.7 Å². The normalized spacial score (nSPS) is 11.2. The molecule has 9 nitrogen and oxygen atoms in total. The van der Waals surface area contributed by atoms with Crippen molar-refractivity contribution in [3.63, 3.8) is 0 Å². The number of sulfonamides is 1.